The lowest BCUT2D eigenvalue weighted by molar-refractivity contribution is 1.28. The fourth-order valence-electron chi connectivity index (χ4n) is 1.61. The molecule has 0 saturated heterocycles. The molecule has 0 spiro atoms. The zero-order valence-corrected chi connectivity index (χ0v) is 8.35. The standard InChI is InChI=1S/C14H11N/c15-10-4-3-5-12-8-9-13-6-1-2-7-14(13)11-12/h1-4,6-9,11H,5H2/b4-3+. The minimum Gasteiger partial charge on any atom is -0.193 e. The van der Waals surface area contributed by atoms with E-state index < -0.39 is 0 Å². The van der Waals surface area contributed by atoms with Crippen molar-refractivity contribution >= 4 is 10.8 Å². The highest BCUT2D eigenvalue weighted by molar-refractivity contribution is 5.83. The maximum atomic E-state index is 8.38. The van der Waals surface area contributed by atoms with Crippen LogP contribution in [-0.4, -0.2) is 0 Å². The first-order valence-corrected chi connectivity index (χ1v) is 4.92. The van der Waals surface area contributed by atoms with Crippen LogP contribution in [0.25, 0.3) is 10.8 Å². The van der Waals surface area contributed by atoms with Crippen LogP contribution in [0.3, 0.4) is 0 Å². The zero-order chi connectivity index (χ0) is 10.5. The van der Waals surface area contributed by atoms with Gasteiger partial charge < -0.3 is 0 Å². The summed E-state index contributed by atoms with van der Waals surface area (Å²) in [7, 11) is 0. The van der Waals surface area contributed by atoms with Crippen molar-refractivity contribution in [2.45, 2.75) is 6.42 Å². The first-order valence-electron chi connectivity index (χ1n) is 4.92. The Labute approximate surface area is 89.3 Å². The fourth-order valence-corrected chi connectivity index (χ4v) is 1.61. The molecule has 0 heterocycles. The molecule has 0 amide bonds. The van der Waals surface area contributed by atoms with Gasteiger partial charge in [-0.3, -0.25) is 0 Å². The van der Waals surface area contributed by atoms with E-state index >= 15 is 0 Å². The smallest absolute Gasteiger partial charge is 0.0908 e. The van der Waals surface area contributed by atoms with E-state index in [-0.39, 0.29) is 0 Å². The van der Waals surface area contributed by atoms with Crippen molar-refractivity contribution in [3.63, 3.8) is 0 Å². The van der Waals surface area contributed by atoms with E-state index in [9.17, 15) is 0 Å². The van der Waals surface area contributed by atoms with Gasteiger partial charge in [-0.15, -0.1) is 0 Å². The molecule has 0 radical (unpaired) electrons. The number of rotatable bonds is 2. The van der Waals surface area contributed by atoms with Crippen LogP contribution in [-0.2, 0) is 6.42 Å². The van der Waals surface area contributed by atoms with Crippen molar-refractivity contribution in [2.75, 3.05) is 0 Å². The topological polar surface area (TPSA) is 23.8 Å². The molecular formula is C14H11N. The van der Waals surface area contributed by atoms with Crippen molar-refractivity contribution < 1.29 is 0 Å². The van der Waals surface area contributed by atoms with Gasteiger partial charge in [0.1, 0.15) is 0 Å². The minimum atomic E-state index is 0.818. The van der Waals surface area contributed by atoms with Crippen molar-refractivity contribution in [2.24, 2.45) is 0 Å². The van der Waals surface area contributed by atoms with E-state index in [2.05, 4.69) is 30.3 Å². The number of benzene rings is 2. The number of hydrogen-bond acceptors (Lipinski definition) is 1. The Morgan fingerprint density at radius 1 is 1.07 bits per heavy atom. The average molecular weight is 193 g/mol. The normalized spacial score (nSPS) is 10.6. The summed E-state index contributed by atoms with van der Waals surface area (Å²) in [5, 5.41) is 10.9. The number of hydrogen-bond donors (Lipinski definition) is 0. The molecule has 1 nitrogen and oxygen atoms in total. The van der Waals surface area contributed by atoms with E-state index in [0.717, 1.165) is 6.42 Å². The van der Waals surface area contributed by atoms with Gasteiger partial charge in [-0.05, 0) is 22.8 Å². The van der Waals surface area contributed by atoms with Crippen LogP contribution in [0.15, 0.2) is 54.6 Å². The van der Waals surface area contributed by atoms with Crippen molar-refractivity contribution in [3.8, 4) is 6.07 Å². The first-order chi connectivity index (χ1) is 7.40. The molecule has 15 heavy (non-hydrogen) atoms. The Morgan fingerprint density at radius 2 is 1.87 bits per heavy atom. The van der Waals surface area contributed by atoms with Crippen molar-refractivity contribution in [1.82, 2.24) is 0 Å². The molecule has 1 heteroatoms. The molecule has 0 aliphatic rings. The number of nitrogens with zero attached hydrogens (tertiary/aromatic N) is 1. The summed E-state index contributed by atoms with van der Waals surface area (Å²) in [6.07, 6.45) is 4.22. The number of fused-ring (bicyclic) bond motifs is 1. The largest absolute Gasteiger partial charge is 0.193 e. The van der Waals surface area contributed by atoms with Crippen LogP contribution in [0.2, 0.25) is 0 Å². The SMILES string of the molecule is N#C/C=C/Cc1ccc2ccccc2c1. The average Bonchev–Trinajstić information content (AvgIpc) is 2.29. The fraction of sp³-hybridized carbons (Fsp3) is 0.0714. The van der Waals surface area contributed by atoms with Gasteiger partial charge in [0.2, 0.25) is 0 Å². The molecule has 0 aliphatic heterocycles. The van der Waals surface area contributed by atoms with Crippen molar-refractivity contribution in [3.05, 3.63) is 60.2 Å². The Morgan fingerprint density at radius 3 is 2.67 bits per heavy atom. The Kier molecular flexibility index (Phi) is 2.80. The molecule has 0 bridgehead atoms. The van der Waals surface area contributed by atoms with Gasteiger partial charge in [0.25, 0.3) is 0 Å². The summed E-state index contributed by atoms with van der Waals surface area (Å²) >= 11 is 0. The molecule has 0 fully saturated rings. The predicted molar refractivity (Wildman–Crippen MR) is 62.4 cm³/mol. The maximum Gasteiger partial charge on any atom is 0.0908 e. The molecule has 2 rings (SSSR count). The third-order valence-electron chi connectivity index (χ3n) is 2.36. The summed E-state index contributed by atoms with van der Waals surface area (Å²) in [6, 6.07) is 16.7. The second kappa shape index (κ2) is 4.43. The quantitative estimate of drug-likeness (QED) is 0.670. The lowest BCUT2D eigenvalue weighted by Crippen LogP contribution is -1.81. The second-order valence-corrected chi connectivity index (χ2v) is 3.42. The van der Waals surface area contributed by atoms with Crippen LogP contribution in [0.5, 0.6) is 0 Å². The molecule has 0 aromatic heterocycles. The highest BCUT2D eigenvalue weighted by atomic mass is 14.2. The van der Waals surface area contributed by atoms with E-state index in [1.165, 1.54) is 22.4 Å². The van der Waals surface area contributed by atoms with E-state index in [0.29, 0.717) is 0 Å². The molecular weight excluding hydrogens is 182 g/mol. The lowest BCUT2D eigenvalue weighted by Gasteiger charge is -2.00. The van der Waals surface area contributed by atoms with Gasteiger partial charge in [0.05, 0.1) is 6.07 Å². The summed E-state index contributed by atoms with van der Waals surface area (Å²) in [6.45, 7) is 0. The highest BCUT2D eigenvalue weighted by Gasteiger charge is 1.93. The van der Waals surface area contributed by atoms with Gasteiger partial charge in [-0.2, -0.15) is 5.26 Å². The van der Waals surface area contributed by atoms with E-state index in [1.807, 2.05) is 24.3 Å². The summed E-state index contributed by atoms with van der Waals surface area (Å²) < 4.78 is 0. The van der Waals surface area contributed by atoms with Gasteiger partial charge in [-0.25, -0.2) is 0 Å². The molecule has 0 aliphatic carbocycles. The van der Waals surface area contributed by atoms with Gasteiger partial charge in [0, 0.05) is 6.08 Å². The van der Waals surface area contributed by atoms with Crippen LogP contribution in [0, 0.1) is 11.3 Å². The molecule has 2 aromatic carbocycles. The minimum absolute atomic E-state index is 0.818. The monoisotopic (exact) mass is 193 g/mol. The Hall–Kier alpha value is -2.07. The van der Waals surface area contributed by atoms with Crippen molar-refractivity contribution in [1.29, 1.82) is 5.26 Å². The van der Waals surface area contributed by atoms with Crippen LogP contribution < -0.4 is 0 Å². The Bertz CT molecular complexity index is 532. The summed E-state index contributed by atoms with van der Waals surface area (Å²) in [5.41, 5.74) is 1.24. The van der Waals surface area contributed by atoms with Gasteiger partial charge in [0.15, 0.2) is 0 Å². The first kappa shape index (κ1) is 9.48. The number of allylic oxidation sites excluding steroid dienone is 2. The summed E-state index contributed by atoms with van der Waals surface area (Å²) in [4.78, 5) is 0. The molecule has 0 N–H and O–H groups in total. The number of nitriles is 1. The third-order valence-corrected chi connectivity index (χ3v) is 2.36. The molecule has 0 atom stereocenters. The van der Waals surface area contributed by atoms with Crippen LogP contribution >= 0.6 is 0 Å². The Balaban J connectivity index is 2.31. The predicted octanol–water partition coefficient (Wildman–Crippen LogP) is 3.46. The van der Waals surface area contributed by atoms with E-state index in [4.69, 9.17) is 5.26 Å². The highest BCUT2D eigenvalue weighted by Crippen LogP contribution is 2.15. The van der Waals surface area contributed by atoms with E-state index in [1.54, 1.807) is 0 Å². The molecule has 0 saturated carbocycles. The van der Waals surface area contributed by atoms with Gasteiger partial charge in [-0.1, -0.05) is 48.5 Å². The zero-order valence-electron chi connectivity index (χ0n) is 8.35. The van der Waals surface area contributed by atoms with Crippen LogP contribution in [0.1, 0.15) is 5.56 Å². The second-order valence-electron chi connectivity index (χ2n) is 3.42. The molecule has 2 aromatic rings. The summed E-state index contributed by atoms with van der Waals surface area (Å²) in [5.74, 6) is 0. The van der Waals surface area contributed by atoms with Crippen LogP contribution in [0.4, 0.5) is 0 Å². The molecule has 72 valence electrons. The maximum absolute atomic E-state index is 8.38. The molecule has 0 unspecified atom stereocenters. The van der Waals surface area contributed by atoms with Gasteiger partial charge >= 0.3 is 0 Å². The third kappa shape index (κ3) is 2.24. The lowest BCUT2D eigenvalue weighted by atomic mass is 10.1.